The molecule has 0 saturated carbocycles. The molecule has 0 aliphatic rings. The first kappa shape index (κ1) is 17.0. The van der Waals surface area contributed by atoms with Gasteiger partial charge in [0.05, 0.1) is 16.8 Å². The average molecular weight is 400 g/mol. The number of carbonyl (C=O) groups is 2. The zero-order valence-electron chi connectivity index (χ0n) is 12.7. The number of carboxylic acid groups (broad SMARTS) is 1. The van der Waals surface area contributed by atoms with E-state index >= 15 is 0 Å². The SMILES string of the molecule is O=C(O)C(=O)C(=Cc1ccc(Br)cc1F)c1ccc2ccccc2n1. The van der Waals surface area contributed by atoms with E-state index < -0.39 is 17.6 Å². The summed E-state index contributed by atoms with van der Waals surface area (Å²) >= 11 is 3.15. The van der Waals surface area contributed by atoms with Gasteiger partial charge in [0.2, 0.25) is 0 Å². The van der Waals surface area contributed by atoms with Crippen molar-refractivity contribution in [2.24, 2.45) is 0 Å². The van der Waals surface area contributed by atoms with E-state index in [1.54, 1.807) is 30.3 Å². The zero-order valence-corrected chi connectivity index (χ0v) is 14.3. The van der Waals surface area contributed by atoms with E-state index in [4.69, 9.17) is 5.11 Å². The normalized spacial score (nSPS) is 11.5. The lowest BCUT2D eigenvalue weighted by Crippen LogP contribution is -2.15. The van der Waals surface area contributed by atoms with Crippen molar-refractivity contribution >= 4 is 50.2 Å². The minimum absolute atomic E-state index is 0.0998. The molecule has 1 N–H and O–H groups in total. The summed E-state index contributed by atoms with van der Waals surface area (Å²) in [6.07, 6.45) is 1.20. The number of carbonyl (C=O) groups excluding carboxylic acids is 1. The second-order valence-corrected chi connectivity index (χ2v) is 6.16. The van der Waals surface area contributed by atoms with Crippen LogP contribution in [-0.2, 0) is 9.59 Å². The fraction of sp³-hybridized carbons (Fsp3) is 0. The fourth-order valence-electron chi connectivity index (χ4n) is 2.36. The minimum Gasteiger partial charge on any atom is -0.475 e. The molecule has 0 spiro atoms. The first-order chi connectivity index (χ1) is 12.0. The Morgan fingerprint density at radius 1 is 1.08 bits per heavy atom. The number of para-hydroxylation sites is 1. The fourth-order valence-corrected chi connectivity index (χ4v) is 2.69. The Balaban J connectivity index is 2.18. The highest BCUT2D eigenvalue weighted by Crippen LogP contribution is 2.24. The van der Waals surface area contributed by atoms with E-state index in [2.05, 4.69) is 20.9 Å². The van der Waals surface area contributed by atoms with Gasteiger partial charge in [-0.25, -0.2) is 14.2 Å². The molecule has 1 heterocycles. The topological polar surface area (TPSA) is 67.3 Å². The Labute approximate surface area is 150 Å². The lowest BCUT2D eigenvalue weighted by atomic mass is 10.0. The Morgan fingerprint density at radius 2 is 1.84 bits per heavy atom. The third-order valence-corrected chi connectivity index (χ3v) is 4.07. The standard InChI is InChI=1S/C19H11BrFNO3/c20-13-7-5-12(15(21)10-13)9-14(18(23)19(24)25)17-8-6-11-3-1-2-4-16(11)22-17/h1-10H,(H,24,25). The van der Waals surface area contributed by atoms with Gasteiger partial charge in [-0.15, -0.1) is 0 Å². The molecule has 2 aromatic carbocycles. The summed E-state index contributed by atoms with van der Waals surface area (Å²) in [7, 11) is 0. The van der Waals surface area contributed by atoms with Crippen LogP contribution in [-0.4, -0.2) is 21.8 Å². The summed E-state index contributed by atoms with van der Waals surface area (Å²) in [5.74, 6) is -3.35. The molecular weight excluding hydrogens is 389 g/mol. The Morgan fingerprint density at radius 3 is 2.56 bits per heavy atom. The van der Waals surface area contributed by atoms with Crippen molar-refractivity contribution in [2.75, 3.05) is 0 Å². The molecule has 0 saturated heterocycles. The van der Waals surface area contributed by atoms with Crippen molar-refractivity contribution in [2.45, 2.75) is 0 Å². The van der Waals surface area contributed by atoms with Crippen LogP contribution < -0.4 is 0 Å². The number of carboxylic acids is 1. The molecule has 1 aromatic heterocycles. The van der Waals surface area contributed by atoms with Crippen LogP contribution in [0.3, 0.4) is 0 Å². The lowest BCUT2D eigenvalue weighted by molar-refractivity contribution is -0.146. The maximum Gasteiger partial charge on any atom is 0.377 e. The van der Waals surface area contributed by atoms with E-state index in [-0.39, 0.29) is 16.8 Å². The Bertz CT molecular complexity index is 1030. The molecule has 0 unspecified atom stereocenters. The number of Topliss-reactive ketones (excluding diaryl/α,β-unsaturated/α-hetero) is 1. The molecule has 4 nitrogen and oxygen atoms in total. The number of aliphatic carboxylic acids is 1. The number of nitrogens with zero attached hydrogens (tertiary/aromatic N) is 1. The van der Waals surface area contributed by atoms with Crippen LogP contribution >= 0.6 is 15.9 Å². The van der Waals surface area contributed by atoms with Gasteiger partial charge in [0, 0.05) is 15.4 Å². The quantitative estimate of drug-likeness (QED) is 0.523. The Hall–Kier alpha value is -2.86. The molecule has 0 bridgehead atoms. The predicted molar refractivity (Wildman–Crippen MR) is 96.4 cm³/mol. The molecule has 0 fully saturated rings. The molecule has 25 heavy (non-hydrogen) atoms. The smallest absolute Gasteiger partial charge is 0.377 e. The Kier molecular flexibility index (Phi) is 4.72. The number of hydrogen-bond donors (Lipinski definition) is 1. The number of fused-ring (bicyclic) bond motifs is 1. The van der Waals surface area contributed by atoms with Crippen LogP contribution in [0.1, 0.15) is 11.3 Å². The highest BCUT2D eigenvalue weighted by Gasteiger charge is 2.21. The number of aromatic nitrogens is 1. The van der Waals surface area contributed by atoms with Gasteiger partial charge in [0.1, 0.15) is 5.82 Å². The third kappa shape index (κ3) is 3.64. The first-order valence-corrected chi connectivity index (χ1v) is 8.05. The first-order valence-electron chi connectivity index (χ1n) is 7.26. The second-order valence-electron chi connectivity index (χ2n) is 5.25. The highest BCUT2D eigenvalue weighted by molar-refractivity contribution is 9.10. The van der Waals surface area contributed by atoms with Crippen molar-refractivity contribution in [1.82, 2.24) is 4.98 Å². The number of pyridine rings is 1. The molecule has 3 aromatic rings. The van der Waals surface area contributed by atoms with Gasteiger partial charge < -0.3 is 5.11 Å². The van der Waals surface area contributed by atoms with Crippen LogP contribution in [0.15, 0.2) is 59.1 Å². The molecule has 0 atom stereocenters. The molecule has 0 amide bonds. The van der Waals surface area contributed by atoms with Crippen LogP contribution in [0.4, 0.5) is 4.39 Å². The van der Waals surface area contributed by atoms with E-state index in [1.807, 2.05) is 12.1 Å². The number of halogens is 2. The van der Waals surface area contributed by atoms with Gasteiger partial charge in [-0.2, -0.15) is 0 Å². The highest BCUT2D eigenvalue weighted by atomic mass is 79.9. The molecule has 3 rings (SSSR count). The van der Waals surface area contributed by atoms with Crippen molar-refractivity contribution in [3.63, 3.8) is 0 Å². The zero-order chi connectivity index (χ0) is 18.0. The van der Waals surface area contributed by atoms with Gasteiger partial charge in [-0.3, -0.25) is 4.79 Å². The molecule has 0 radical (unpaired) electrons. The molecule has 0 aliphatic carbocycles. The average Bonchev–Trinajstić information content (AvgIpc) is 2.60. The van der Waals surface area contributed by atoms with Crippen molar-refractivity contribution in [3.05, 3.63) is 76.1 Å². The summed E-state index contributed by atoms with van der Waals surface area (Å²) in [5.41, 5.74) is 0.705. The molecule has 6 heteroatoms. The van der Waals surface area contributed by atoms with Crippen molar-refractivity contribution in [3.8, 4) is 0 Å². The monoisotopic (exact) mass is 399 g/mol. The van der Waals surface area contributed by atoms with Gasteiger partial charge in [0.15, 0.2) is 0 Å². The molecule has 124 valence electrons. The summed E-state index contributed by atoms with van der Waals surface area (Å²) in [6, 6.07) is 14.8. The number of benzene rings is 2. The predicted octanol–water partition coefficient (Wildman–Crippen LogP) is 4.33. The maximum atomic E-state index is 14.1. The van der Waals surface area contributed by atoms with Gasteiger partial charge in [-0.1, -0.05) is 46.3 Å². The van der Waals surface area contributed by atoms with Gasteiger partial charge in [0.25, 0.3) is 5.78 Å². The molecule has 0 aliphatic heterocycles. The number of ketones is 1. The van der Waals surface area contributed by atoms with Crippen LogP contribution in [0.25, 0.3) is 22.6 Å². The van der Waals surface area contributed by atoms with E-state index in [9.17, 15) is 14.0 Å². The van der Waals surface area contributed by atoms with Crippen molar-refractivity contribution < 1.29 is 19.1 Å². The summed E-state index contributed by atoms with van der Waals surface area (Å²) < 4.78 is 14.6. The van der Waals surface area contributed by atoms with Crippen LogP contribution in [0, 0.1) is 5.82 Å². The van der Waals surface area contributed by atoms with E-state index in [0.717, 1.165) is 5.39 Å². The van der Waals surface area contributed by atoms with Crippen molar-refractivity contribution in [1.29, 1.82) is 0 Å². The molecular formula is C19H11BrFNO3. The summed E-state index contributed by atoms with van der Waals surface area (Å²) in [6.45, 7) is 0. The van der Waals surface area contributed by atoms with E-state index in [1.165, 1.54) is 18.2 Å². The second kappa shape index (κ2) is 6.94. The van der Waals surface area contributed by atoms with Gasteiger partial charge in [-0.05, 0) is 30.3 Å². The minimum atomic E-state index is -1.63. The third-order valence-electron chi connectivity index (χ3n) is 3.58. The number of rotatable bonds is 4. The van der Waals surface area contributed by atoms with Crippen LogP contribution in [0.2, 0.25) is 0 Å². The summed E-state index contributed by atoms with van der Waals surface area (Å²) in [5, 5.41) is 9.95. The maximum absolute atomic E-state index is 14.1. The lowest BCUT2D eigenvalue weighted by Gasteiger charge is -2.06. The van der Waals surface area contributed by atoms with Gasteiger partial charge >= 0.3 is 5.97 Å². The van der Waals surface area contributed by atoms with E-state index in [0.29, 0.717) is 9.99 Å². The van der Waals surface area contributed by atoms with Crippen LogP contribution in [0.5, 0.6) is 0 Å². The summed E-state index contributed by atoms with van der Waals surface area (Å²) in [4.78, 5) is 27.6. The number of hydrogen-bond acceptors (Lipinski definition) is 3. The largest absolute Gasteiger partial charge is 0.475 e.